The van der Waals surface area contributed by atoms with Crippen LogP contribution >= 0.6 is 11.6 Å². The van der Waals surface area contributed by atoms with Gasteiger partial charge in [0.1, 0.15) is 11.9 Å². The van der Waals surface area contributed by atoms with Crippen molar-refractivity contribution in [3.8, 4) is 0 Å². The highest BCUT2D eigenvalue weighted by atomic mass is 35.5. The molecular formula is C28H35ClFNO5. The number of nitrogens with one attached hydrogen (secondary N) is 1. The lowest BCUT2D eigenvalue weighted by atomic mass is 9.78. The minimum atomic E-state index is -1.28. The molecule has 0 aromatic heterocycles. The summed E-state index contributed by atoms with van der Waals surface area (Å²) in [5, 5.41) is 3.64. The lowest BCUT2D eigenvalue weighted by Gasteiger charge is -2.43. The maximum absolute atomic E-state index is 14.4. The van der Waals surface area contributed by atoms with E-state index in [0.717, 1.165) is 5.56 Å². The van der Waals surface area contributed by atoms with E-state index < -0.39 is 23.6 Å². The Labute approximate surface area is 217 Å². The van der Waals surface area contributed by atoms with E-state index in [-0.39, 0.29) is 49.8 Å². The van der Waals surface area contributed by atoms with Gasteiger partial charge in [-0.3, -0.25) is 4.79 Å². The van der Waals surface area contributed by atoms with Crippen LogP contribution in [0, 0.1) is 11.7 Å². The van der Waals surface area contributed by atoms with Gasteiger partial charge in [-0.1, -0.05) is 55.8 Å². The van der Waals surface area contributed by atoms with Crippen molar-refractivity contribution >= 4 is 17.5 Å². The van der Waals surface area contributed by atoms with Crippen LogP contribution in [0.1, 0.15) is 51.7 Å². The third-order valence-electron chi connectivity index (χ3n) is 6.55. The van der Waals surface area contributed by atoms with Gasteiger partial charge >= 0.3 is 0 Å². The number of ether oxygens (including phenoxy) is 4. The average molecular weight is 520 g/mol. The molecule has 4 rings (SSSR count). The Balaban J connectivity index is 1.61. The number of hydrogen-bond acceptors (Lipinski definition) is 5. The Bertz CT molecular complexity index is 1060. The second kappa shape index (κ2) is 11.2. The topological polar surface area (TPSA) is 66.0 Å². The number of carbonyl (C=O) groups is 1. The summed E-state index contributed by atoms with van der Waals surface area (Å²) < 4.78 is 39.5. The van der Waals surface area contributed by atoms with E-state index in [1.165, 1.54) is 6.07 Å². The SMILES string of the molecule is CC(C)CNC(=O)[C@@]1(OCc2ccccc2F)C[C@@H](OCc2cccc(Cl)c2)[C@@H]2OC(C)(C)O[C@@H]2C1. The number of carbonyl (C=O) groups excluding carboxylic acids is 1. The zero-order valence-corrected chi connectivity index (χ0v) is 22.0. The minimum Gasteiger partial charge on any atom is -0.371 e. The van der Waals surface area contributed by atoms with Crippen molar-refractivity contribution in [1.29, 1.82) is 0 Å². The summed E-state index contributed by atoms with van der Waals surface area (Å²) in [4.78, 5) is 13.6. The van der Waals surface area contributed by atoms with Gasteiger partial charge in [0, 0.05) is 30.0 Å². The Kier molecular flexibility index (Phi) is 8.37. The van der Waals surface area contributed by atoms with Crippen molar-refractivity contribution in [2.75, 3.05) is 6.54 Å². The molecule has 0 spiro atoms. The van der Waals surface area contributed by atoms with Crippen LogP contribution in [0.3, 0.4) is 0 Å². The van der Waals surface area contributed by atoms with Crippen LogP contribution in [0.2, 0.25) is 5.02 Å². The van der Waals surface area contributed by atoms with E-state index in [9.17, 15) is 9.18 Å². The molecule has 2 aliphatic rings. The van der Waals surface area contributed by atoms with Gasteiger partial charge in [0.15, 0.2) is 11.4 Å². The molecule has 1 saturated carbocycles. The average Bonchev–Trinajstić information content (AvgIpc) is 3.14. The quantitative estimate of drug-likeness (QED) is 0.480. The monoisotopic (exact) mass is 519 g/mol. The fourth-order valence-corrected chi connectivity index (χ4v) is 5.04. The maximum Gasteiger partial charge on any atom is 0.252 e. The normalized spacial score (nSPS) is 27.1. The van der Waals surface area contributed by atoms with Gasteiger partial charge < -0.3 is 24.3 Å². The third-order valence-corrected chi connectivity index (χ3v) is 6.78. The number of hydrogen-bond donors (Lipinski definition) is 1. The van der Waals surface area contributed by atoms with Crippen molar-refractivity contribution in [3.05, 3.63) is 70.5 Å². The highest BCUT2D eigenvalue weighted by Gasteiger charge is 2.58. The molecule has 1 aliphatic heterocycles. The predicted octanol–water partition coefficient (Wildman–Crippen LogP) is 5.41. The molecule has 2 aromatic rings. The van der Waals surface area contributed by atoms with Crippen LogP contribution in [0.15, 0.2) is 48.5 Å². The van der Waals surface area contributed by atoms with Crippen LogP contribution in [-0.2, 0) is 37.0 Å². The molecule has 4 atom stereocenters. The van der Waals surface area contributed by atoms with Crippen LogP contribution < -0.4 is 5.32 Å². The number of benzene rings is 2. The maximum atomic E-state index is 14.4. The summed E-state index contributed by atoms with van der Waals surface area (Å²) in [6.07, 6.45) is -0.774. The Morgan fingerprint density at radius 2 is 1.92 bits per heavy atom. The number of fused-ring (bicyclic) bond motifs is 1. The van der Waals surface area contributed by atoms with Gasteiger partial charge in [0.05, 0.1) is 25.4 Å². The smallest absolute Gasteiger partial charge is 0.252 e. The Morgan fingerprint density at radius 3 is 2.64 bits per heavy atom. The molecule has 1 heterocycles. The van der Waals surface area contributed by atoms with Gasteiger partial charge in [-0.25, -0.2) is 4.39 Å². The van der Waals surface area contributed by atoms with E-state index in [0.29, 0.717) is 17.1 Å². The molecule has 196 valence electrons. The van der Waals surface area contributed by atoms with Crippen LogP contribution in [0.5, 0.6) is 0 Å². The molecular weight excluding hydrogens is 485 g/mol. The molecule has 0 bridgehead atoms. The molecule has 2 aromatic carbocycles. The molecule has 1 aliphatic carbocycles. The van der Waals surface area contributed by atoms with Crippen molar-refractivity contribution < 1.29 is 28.1 Å². The van der Waals surface area contributed by atoms with Gasteiger partial charge in [-0.05, 0) is 43.5 Å². The third kappa shape index (κ3) is 6.45. The highest BCUT2D eigenvalue weighted by Crippen LogP contribution is 2.44. The molecule has 1 saturated heterocycles. The van der Waals surface area contributed by atoms with Crippen molar-refractivity contribution in [1.82, 2.24) is 5.32 Å². The predicted molar refractivity (Wildman–Crippen MR) is 135 cm³/mol. The number of rotatable bonds is 9. The molecule has 1 amide bonds. The summed E-state index contributed by atoms with van der Waals surface area (Å²) in [7, 11) is 0. The molecule has 0 radical (unpaired) electrons. The summed E-state index contributed by atoms with van der Waals surface area (Å²) in [5.41, 5.74) is 0.0158. The molecule has 1 N–H and O–H groups in total. The second-order valence-electron chi connectivity index (χ2n) is 10.5. The van der Waals surface area contributed by atoms with E-state index in [1.54, 1.807) is 24.3 Å². The molecule has 2 fully saturated rings. The first-order valence-electron chi connectivity index (χ1n) is 12.4. The summed E-state index contributed by atoms with van der Waals surface area (Å²) in [6, 6.07) is 13.9. The van der Waals surface area contributed by atoms with Crippen LogP contribution in [-0.4, -0.2) is 42.2 Å². The van der Waals surface area contributed by atoms with Gasteiger partial charge in [-0.2, -0.15) is 0 Å². The van der Waals surface area contributed by atoms with Crippen molar-refractivity contribution in [2.45, 2.75) is 83.5 Å². The van der Waals surface area contributed by atoms with E-state index in [4.69, 9.17) is 30.5 Å². The van der Waals surface area contributed by atoms with Gasteiger partial charge in [-0.15, -0.1) is 0 Å². The highest BCUT2D eigenvalue weighted by molar-refractivity contribution is 6.30. The Hall–Kier alpha value is -2.03. The fraction of sp³-hybridized carbons (Fsp3) is 0.536. The zero-order valence-electron chi connectivity index (χ0n) is 21.3. The first kappa shape index (κ1) is 27.0. The summed E-state index contributed by atoms with van der Waals surface area (Å²) in [6.45, 7) is 8.48. The Morgan fingerprint density at radius 1 is 1.14 bits per heavy atom. The standard InChI is InChI=1S/C28H35ClFNO5/c1-18(2)15-31-26(32)28(34-17-20-9-5-6-11-22(20)30)13-23(25-24(14-28)35-27(3,4)36-25)33-16-19-8-7-10-21(29)12-19/h5-12,18,23-25H,13-17H2,1-4H3,(H,31,32)/t23-,24-,25+,28-/m1/s1. The lowest BCUT2D eigenvalue weighted by Crippen LogP contribution is -2.60. The molecule has 36 heavy (non-hydrogen) atoms. The molecule has 6 nitrogen and oxygen atoms in total. The summed E-state index contributed by atoms with van der Waals surface area (Å²) >= 11 is 6.15. The van der Waals surface area contributed by atoms with Crippen LogP contribution in [0.4, 0.5) is 4.39 Å². The van der Waals surface area contributed by atoms with Gasteiger partial charge in [0.2, 0.25) is 0 Å². The number of amides is 1. The van der Waals surface area contributed by atoms with Gasteiger partial charge in [0.25, 0.3) is 5.91 Å². The fourth-order valence-electron chi connectivity index (χ4n) is 4.83. The second-order valence-corrected chi connectivity index (χ2v) is 10.9. The largest absolute Gasteiger partial charge is 0.371 e. The molecule has 8 heteroatoms. The van der Waals surface area contributed by atoms with E-state index in [1.807, 2.05) is 45.9 Å². The summed E-state index contributed by atoms with van der Waals surface area (Å²) in [5.74, 6) is -1.20. The minimum absolute atomic E-state index is 0.0512. The molecule has 0 unspecified atom stereocenters. The van der Waals surface area contributed by atoms with E-state index >= 15 is 0 Å². The number of halogens is 2. The van der Waals surface area contributed by atoms with E-state index in [2.05, 4.69) is 5.32 Å². The van der Waals surface area contributed by atoms with Crippen molar-refractivity contribution in [3.63, 3.8) is 0 Å². The first-order valence-corrected chi connectivity index (χ1v) is 12.8. The first-order chi connectivity index (χ1) is 17.1. The van der Waals surface area contributed by atoms with Crippen molar-refractivity contribution in [2.24, 2.45) is 5.92 Å². The lowest BCUT2D eigenvalue weighted by molar-refractivity contribution is -0.183. The van der Waals surface area contributed by atoms with Crippen LogP contribution in [0.25, 0.3) is 0 Å². The zero-order chi connectivity index (χ0) is 25.9.